The van der Waals surface area contributed by atoms with Crippen molar-refractivity contribution >= 4 is 5.97 Å². The molecule has 0 amide bonds. The summed E-state index contributed by atoms with van der Waals surface area (Å²) in [6, 6.07) is 9.50. The van der Waals surface area contributed by atoms with Gasteiger partial charge in [0.05, 0.1) is 12.2 Å². The lowest BCUT2D eigenvalue weighted by molar-refractivity contribution is -0.132. The molecular weight excluding hydrogens is 206 g/mol. The summed E-state index contributed by atoms with van der Waals surface area (Å²) < 4.78 is 0. The molecule has 0 saturated carbocycles. The highest BCUT2D eigenvalue weighted by Gasteiger charge is 2.10. The summed E-state index contributed by atoms with van der Waals surface area (Å²) in [5.74, 6) is 4.55. The Kier molecular flexibility index (Phi) is 3.90. The largest absolute Gasteiger partial charge is 0.477 e. The molecule has 0 unspecified atom stereocenters. The van der Waals surface area contributed by atoms with Gasteiger partial charge in [-0.2, -0.15) is 0 Å². The van der Waals surface area contributed by atoms with Crippen molar-refractivity contribution in [3.63, 3.8) is 0 Å². The Morgan fingerprint density at radius 1 is 1.38 bits per heavy atom. The van der Waals surface area contributed by atoms with E-state index in [1.54, 1.807) is 6.92 Å². The van der Waals surface area contributed by atoms with Gasteiger partial charge in [-0.05, 0) is 12.5 Å². The predicted octanol–water partition coefficient (Wildman–Crippen LogP) is 0.637. The zero-order chi connectivity index (χ0) is 12.1. The normalized spacial score (nSPS) is 11.9. The van der Waals surface area contributed by atoms with E-state index in [-0.39, 0.29) is 5.70 Å². The number of allylic oxidation sites excluding steroid dienone is 1. The van der Waals surface area contributed by atoms with Gasteiger partial charge in [0.1, 0.15) is 5.70 Å². The van der Waals surface area contributed by atoms with Crippen LogP contribution in [-0.4, -0.2) is 16.1 Å². The molecule has 0 heterocycles. The summed E-state index contributed by atoms with van der Waals surface area (Å²) in [5.41, 5.74) is 6.47. The summed E-state index contributed by atoms with van der Waals surface area (Å²) in [5, 5.41) is 10.0. The summed E-state index contributed by atoms with van der Waals surface area (Å²) in [6.45, 7) is 1.99. The summed E-state index contributed by atoms with van der Waals surface area (Å²) >= 11 is 0. The average Bonchev–Trinajstić information content (AvgIpc) is 2.28. The minimum Gasteiger partial charge on any atom is -0.477 e. The first-order valence-electron chi connectivity index (χ1n) is 4.78. The molecule has 0 aliphatic carbocycles. The molecule has 0 atom stereocenters. The molecule has 0 aliphatic heterocycles. The number of hydrazine groups is 1. The van der Waals surface area contributed by atoms with Crippen molar-refractivity contribution < 1.29 is 9.90 Å². The zero-order valence-electron chi connectivity index (χ0n) is 9.05. The van der Waals surface area contributed by atoms with Gasteiger partial charge in [-0.25, -0.2) is 10.6 Å². The maximum absolute atomic E-state index is 10.6. The fourth-order valence-corrected chi connectivity index (χ4v) is 1.21. The van der Waals surface area contributed by atoms with Gasteiger partial charge < -0.3 is 15.8 Å². The Balaban J connectivity index is 2.77. The van der Waals surface area contributed by atoms with Gasteiger partial charge in [0.25, 0.3) is 0 Å². The van der Waals surface area contributed by atoms with Gasteiger partial charge in [0, 0.05) is 0 Å². The van der Waals surface area contributed by atoms with E-state index in [4.69, 9.17) is 16.7 Å². The van der Waals surface area contributed by atoms with Crippen LogP contribution in [0, 0.1) is 0 Å². The standard InChI is InChI=1S/C11H15N3O2/c1-8(10(12)11(15)16)14(13)7-9-5-3-2-4-6-9/h2-6H,7,12-13H2,1H3,(H,15,16)/b10-8-. The minimum absolute atomic E-state index is 0.238. The third kappa shape index (κ3) is 2.99. The van der Waals surface area contributed by atoms with Crippen LogP contribution in [0.1, 0.15) is 12.5 Å². The van der Waals surface area contributed by atoms with Crippen molar-refractivity contribution in [2.45, 2.75) is 13.5 Å². The van der Waals surface area contributed by atoms with Crippen molar-refractivity contribution in [1.29, 1.82) is 0 Å². The van der Waals surface area contributed by atoms with E-state index in [1.165, 1.54) is 5.01 Å². The Bertz CT molecular complexity index is 401. The lowest BCUT2D eigenvalue weighted by atomic mass is 10.2. The lowest BCUT2D eigenvalue weighted by Crippen LogP contribution is -2.32. The molecule has 16 heavy (non-hydrogen) atoms. The molecule has 0 radical (unpaired) electrons. The molecule has 5 N–H and O–H groups in total. The van der Waals surface area contributed by atoms with Crippen molar-refractivity contribution in [3.8, 4) is 0 Å². The first-order valence-corrected chi connectivity index (χ1v) is 4.78. The Morgan fingerprint density at radius 3 is 2.44 bits per heavy atom. The van der Waals surface area contributed by atoms with E-state index in [0.29, 0.717) is 12.2 Å². The monoisotopic (exact) mass is 221 g/mol. The topological polar surface area (TPSA) is 92.6 Å². The number of benzene rings is 1. The molecule has 0 aliphatic rings. The van der Waals surface area contributed by atoms with Crippen LogP contribution in [0.15, 0.2) is 41.7 Å². The fourth-order valence-electron chi connectivity index (χ4n) is 1.21. The second kappa shape index (κ2) is 5.18. The molecule has 0 fully saturated rings. The SMILES string of the molecule is C/C(=C(/N)C(=O)O)N(N)Cc1ccccc1. The minimum atomic E-state index is -1.17. The van der Waals surface area contributed by atoms with Gasteiger partial charge >= 0.3 is 5.97 Å². The van der Waals surface area contributed by atoms with E-state index < -0.39 is 5.97 Å². The number of aliphatic carboxylic acids is 1. The second-order valence-electron chi connectivity index (χ2n) is 3.42. The number of carboxylic acids is 1. The maximum Gasteiger partial charge on any atom is 0.353 e. The van der Waals surface area contributed by atoms with Gasteiger partial charge in [-0.1, -0.05) is 30.3 Å². The van der Waals surface area contributed by atoms with E-state index in [9.17, 15) is 4.79 Å². The van der Waals surface area contributed by atoms with E-state index in [0.717, 1.165) is 5.56 Å². The molecule has 0 aromatic heterocycles. The van der Waals surface area contributed by atoms with Crippen molar-refractivity contribution in [3.05, 3.63) is 47.3 Å². The molecule has 1 rings (SSSR count). The van der Waals surface area contributed by atoms with Gasteiger partial charge in [-0.15, -0.1) is 0 Å². The van der Waals surface area contributed by atoms with Gasteiger partial charge in [0.15, 0.2) is 0 Å². The van der Waals surface area contributed by atoms with Crippen LogP contribution in [0.25, 0.3) is 0 Å². The summed E-state index contributed by atoms with van der Waals surface area (Å²) in [7, 11) is 0. The molecule has 5 heteroatoms. The number of rotatable bonds is 4. The zero-order valence-corrected chi connectivity index (χ0v) is 9.05. The van der Waals surface area contributed by atoms with Crippen LogP contribution in [0.3, 0.4) is 0 Å². The van der Waals surface area contributed by atoms with Crippen LogP contribution >= 0.6 is 0 Å². The number of hydrogen-bond donors (Lipinski definition) is 3. The van der Waals surface area contributed by atoms with Gasteiger partial charge in [0.2, 0.25) is 0 Å². The Morgan fingerprint density at radius 2 is 1.94 bits per heavy atom. The van der Waals surface area contributed by atoms with Crippen LogP contribution in [0.5, 0.6) is 0 Å². The molecule has 1 aromatic rings. The Labute approximate surface area is 93.9 Å². The molecule has 86 valence electrons. The number of hydrogen-bond acceptors (Lipinski definition) is 4. The highest BCUT2D eigenvalue weighted by Crippen LogP contribution is 2.08. The molecule has 0 bridgehead atoms. The van der Waals surface area contributed by atoms with E-state index >= 15 is 0 Å². The molecule has 1 aromatic carbocycles. The number of nitrogens with zero attached hydrogens (tertiary/aromatic N) is 1. The highest BCUT2D eigenvalue weighted by molar-refractivity contribution is 5.86. The van der Waals surface area contributed by atoms with Crippen LogP contribution in [0.4, 0.5) is 0 Å². The third-order valence-electron chi connectivity index (χ3n) is 2.25. The van der Waals surface area contributed by atoms with E-state index in [2.05, 4.69) is 0 Å². The molecule has 5 nitrogen and oxygen atoms in total. The van der Waals surface area contributed by atoms with Crippen molar-refractivity contribution in [2.75, 3.05) is 0 Å². The Hall–Kier alpha value is -2.01. The number of nitrogens with two attached hydrogens (primary N) is 2. The average molecular weight is 221 g/mol. The quantitative estimate of drug-likeness (QED) is 0.394. The van der Waals surface area contributed by atoms with Crippen molar-refractivity contribution in [1.82, 2.24) is 5.01 Å². The summed E-state index contributed by atoms with van der Waals surface area (Å²) in [6.07, 6.45) is 0. The van der Waals surface area contributed by atoms with Crippen LogP contribution < -0.4 is 11.6 Å². The smallest absolute Gasteiger partial charge is 0.353 e. The maximum atomic E-state index is 10.6. The third-order valence-corrected chi connectivity index (χ3v) is 2.25. The first kappa shape index (κ1) is 12.1. The lowest BCUT2D eigenvalue weighted by Gasteiger charge is -2.20. The second-order valence-corrected chi connectivity index (χ2v) is 3.42. The predicted molar refractivity (Wildman–Crippen MR) is 60.7 cm³/mol. The first-order chi connectivity index (χ1) is 7.52. The molecule has 0 spiro atoms. The fraction of sp³-hybridized carbons (Fsp3) is 0.182. The van der Waals surface area contributed by atoms with Crippen molar-refractivity contribution in [2.24, 2.45) is 11.6 Å². The van der Waals surface area contributed by atoms with Crippen LogP contribution in [-0.2, 0) is 11.3 Å². The number of carbonyl (C=O) groups is 1. The highest BCUT2D eigenvalue weighted by atomic mass is 16.4. The van der Waals surface area contributed by atoms with Gasteiger partial charge in [-0.3, -0.25) is 0 Å². The van der Waals surface area contributed by atoms with Crippen LogP contribution in [0.2, 0.25) is 0 Å². The van der Waals surface area contributed by atoms with E-state index in [1.807, 2.05) is 30.3 Å². The molecule has 0 saturated heterocycles. The number of carboxylic acid groups (broad SMARTS) is 1. The summed E-state index contributed by atoms with van der Waals surface area (Å²) in [4.78, 5) is 10.6. The molecular formula is C11H15N3O2.